The standard InChI is InChI=1S/C14H20N4/c1-11(2)5-7-16-9-13-10-17-18-14(13)12-4-3-6-15-8-12/h3-4,6,8,10-11,16H,5,7,9H2,1-2H3,(H,17,18). The van der Waals surface area contributed by atoms with Gasteiger partial charge in [-0.1, -0.05) is 13.8 Å². The molecule has 0 spiro atoms. The van der Waals surface area contributed by atoms with Crippen LogP contribution in [0.25, 0.3) is 11.3 Å². The maximum absolute atomic E-state index is 4.13. The zero-order valence-electron chi connectivity index (χ0n) is 11.0. The molecule has 0 bridgehead atoms. The molecule has 0 radical (unpaired) electrons. The van der Waals surface area contributed by atoms with Gasteiger partial charge in [-0.15, -0.1) is 0 Å². The van der Waals surface area contributed by atoms with E-state index in [-0.39, 0.29) is 0 Å². The fourth-order valence-corrected chi connectivity index (χ4v) is 1.82. The summed E-state index contributed by atoms with van der Waals surface area (Å²) in [5, 5.41) is 10.6. The summed E-state index contributed by atoms with van der Waals surface area (Å²) in [7, 11) is 0. The first-order valence-electron chi connectivity index (χ1n) is 6.40. The fraction of sp³-hybridized carbons (Fsp3) is 0.429. The lowest BCUT2D eigenvalue weighted by atomic mass is 10.1. The van der Waals surface area contributed by atoms with Gasteiger partial charge in [0.05, 0.1) is 11.9 Å². The summed E-state index contributed by atoms with van der Waals surface area (Å²) in [5.41, 5.74) is 3.32. The van der Waals surface area contributed by atoms with Gasteiger partial charge in [-0.05, 0) is 31.0 Å². The van der Waals surface area contributed by atoms with Gasteiger partial charge in [-0.2, -0.15) is 5.10 Å². The Bertz CT molecular complexity index is 462. The van der Waals surface area contributed by atoms with E-state index in [2.05, 4.69) is 34.3 Å². The maximum atomic E-state index is 4.13. The van der Waals surface area contributed by atoms with Crippen molar-refractivity contribution in [1.29, 1.82) is 0 Å². The van der Waals surface area contributed by atoms with Crippen LogP contribution in [0.4, 0.5) is 0 Å². The molecule has 0 saturated carbocycles. The van der Waals surface area contributed by atoms with E-state index in [0.29, 0.717) is 0 Å². The predicted octanol–water partition coefficient (Wildman–Crippen LogP) is 2.61. The number of nitrogens with one attached hydrogen (secondary N) is 2. The van der Waals surface area contributed by atoms with Crippen molar-refractivity contribution in [2.24, 2.45) is 5.92 Å². The summed E-state index contributed by atoms with van der Waals surface area (Å²) < 4.78 is 0. The van der Waals surface area contributed by atoms with E-state index in [1.165, 1.54) is 12.0 Å². The lowest BCUT2D eigenvalue weighted by Crippen LogP contribution is -2.16. The molecule has 0 fully saturated rings. The van der Waals surface area contributed by atoms with Gasteiger partial charge in [-0.25, -0.2) is 0 Å². The van der Waals surface area contributed by atoms with E-state index in [1.54, 1.807) is 6.20 Å². The molecular weight excluding hydrogens is 224 g/mol. The Hall–Kier alpha value is -1.68. The minimum absolute atomic E-state index is 0.736. The Labute approximate surface area is 108 Å². The molecule has 0 saturated heterocycles. The molecule has 96 valence electrons. The van der Waals surface area contributed by atoms with Crippen molar-refractivity contribution in [3.8, 4) is 11.3 Å². The van der Waals surface area contributed by atoms with Crippen LogP contribution in [0.15, 0.2) is 30.7 Å². The van der Waals surface area contributed by atoms with Gasteiger partial charge in [-0.3, -0.25) is 10.1 Å². The molecule has 0 aromatic carbocycles. The van der Waals surface area contributed by atoms with Crippen LogP contribution in [0, 0.1) is 5.92 Å². The van der Waals surface area contributed by atoms with Gasteiger partial charge < -0.3 is 5.32 Å². The highest BCUT2D eigenvalue weighted by Gasteiger charge is 2.07. The van der Waals surface area contributed by atoms with Crippen LogP contribution in [0.2, 0.25) is 0 Å². The Kier molecular flexibility index (Phi) is 4.47. The number of aromatic nitrogens is 3. The normalized spacial score (nSPS) is 11.1. The molecule has 0 amide bonds. The van der Waals surface area contributed by atoms with Crippen molar-refractivity contribution < 1.29 is 0 Å². The van der Waals surface area contributed by atoms with Crippen molar-refractivity contribution in [2.75, 3.05) is 6.54 Å². The molecule has 2 heterocycles. The Morgan fingerprint density at radius 1 is 1.33 bits per heavy atom. The monoisotopic (exact) mass is 244 g/mol. The Morgan fingerprint density at radius 3 is 2.94 bits per heavy atom. The van der Waals surface area contributed by atoms with E-state index in [1.807, 2.05) is 24.5 Å². The van der Waals surface area contributed by atoms with E-state index in [9.17, 15) is 0 Å². The number of hydrogen-bond donors (Lipinski definition) is 2. The average molecular weight is 244 g/mol. The Morgan fingerprint density at radius 2 is 2.22 bits per heavy atom. The van der Waals surface area contributed by atoms with Crippen LogP contribution in [-0.2, 0) is 6.54 Å². The van der Waals surface area contributed by atoms with Crippen molar-refractivity contribution >= 4 is 0 Å². The van der Waals surface area contributed by atoms with Gasteiger partial charge in [0.25, 0.3) is 0 Å². The number of hydrogen-bond acceptors (Lipinski definition) is 3. The lowest BCUT2D eigenvalue weighted by molar-refractivity contribution is 0.538. The smallest absolute Gasteiger partial charge is 0.0710 e. The highest BCUT2D eigenvalue weighted by molar-refractivity contribution is 5.61. The van der Waals surface area contributed by atoms with Crippen LogP contribution in [0.1, 0.15) is 25.8 Å². The average Bonchev–Trinajstić information content (AvgIpc) is 2.84. The first-order valence-corrected chi connectivity index (χ1v) is 6.40. The molecule has 2 rings (SSSR count). The molecule has 4 nitrogen and oxygen atoms in total. The third kappa shape index (κ3) is 3.40. The first-order chi connectivity index (χ1) is 8.77. The van der Waals surface area contributed by atoms with Gasteiger partial charge in [0.15, 0.2) is 0 Å². The van der Waals surface area contributed by atoms with Crippen LogP contribution >= 0.6 is 0 Å². The Balaban J connectivity index is 1.96. The molecule has 18 heavy (non-hydrogen) atoms. The van der Waals surface area contributed by atoms with Crippen LogP contribution in [-0.4, -0.2) is 21.7 Å². The maximum Gasteiger partial charge on any atom is 0.0710 e. The molecule has 0 aliphatic rings. The van der Waals surface area contributed by atoms with Crippen molar-refractivity contribution in [3.63, 3.8) is 0 Å². The number of aromatic amines is 1. The molecule has 0 atom stereocenters. The highest BCUT2D eigenvalue weighted by atomic mass is 15.1. The second-order valence-corrected chi connectivity index (χ2v) is 4.87. The van der Waals surface area contributed by atoms with Gasteiger partial charge in [0, 0.05) is 30.1 Å². The number of H-pyrrole nitrogens is 1. The van der Waals surface area contributed by atoms with Gasteiger partial charge >= 0.3 is 0 Å². The molecular formula is C14H20N4. The van der Waals surface area contributed by atoms with E-state index >= 15 is 0 Å². The SMILES string of the molecule is CC(C)CCNCc1cn[nH]c1-c1cccnc1. The van der Waals surface area contributed by atoms with Crippen LogP contribution in [0.3, 0.4) is 0 Å². The number of pyridine rings is 1. The zero-order valence-corrected chi connectivity index (χ0v) is 11.0. The summed E-state index contributed by atoms with van der Waals surface area (Å²) >= 11 is 0. The zero-order chi connectivity index (χ0) is 12.8. The first kappa shape index (κ1) is 12.8. The molecule has 2 aromatic rings. The number of rotatable bonds is 6. The summed E-state index contributed by atoms with van der Waals surface area (Å²) in [4.78, 5) is 4.13. The van der Waals surface area contributed by atoms with Crippen molar-refractivity contribution in [1.82, 2.24) is 20.5 Å². The summed E-state index contributed by atoms with van der Waals surface area (Å²) in [6.45, 7) is 6.35. The van der Waals surface area contributed by atoms with Crippen molar-refractivity contribution in [2.45, 2.75) is 26.8 Å². The lowest BCUT2D eigenvalue weighted by Gasteiger charge is -2.07. The molecule has 0 aliphatic carbocycles. The second kappa shape index (κ2) is 6.31. The summed E-state index contributed by atoms with van der Waals surface area (Å²) in [6, 6.07) is 3.98. The van der Waals surface area contributed by atoms with Crippen molar-refractivity contribution in [3.05, 3.63) is 36.3 Å². The molecule has 0 unspecified atom stereocenters. The predicted molar refractivity (Wildman–Crippen MR) is 73.0 cm³/mol. The molecule has 0 aliphatic heterocycles. The van der Waals surface area contributed by atoms with Crippen LogP contribution in [0.5, 0.6) is 0 Å². The molecule has 2 aromatic heterocycles. The largest absolute Gasteiger partial charge is 0.313 e. The fourth-order valence-electron chi connectivity index (χ4n) is 1.82. The highest BCUT2D eigenvalue weighted by Crippen LogP contribution is 2.19. The minimum atomic E-state index is 0.736. The van der Waals surface area contributed by atoms with E-state index in [4.69, 9.17) is 0 Å². The van der Waals surface area contributed by atoms with E-state index < -0.39 is 0 Å². The van der Waals surface area contributed by atoms with E-state index in [0.717, 1.165) is 30.3 Å². The summed E-state index contributed by atoms with van der Waals surface area (Å²) in [6.07, 6.45) is 6.70. The summed E-state index contributed by atoms with van der Waals surface area (Å²) in [5.74, 6) is 0.736. The van der Waals surface area contributed by atoms with Gasteiger partial charge in [0.1, 0.15) is 0 Å². The second-order valence-electron chi connectivity index (χ2n) is 4.87. The minimum Gasteiger partial charge on any atom is -0.313 e. The third-order valence-corrected chi connectivity index (χ3v) is 2.88. The molecule has 4 heteroatoms. The van der Waals surface area contributed by atoms with Gasteiger partial charge in [0.2, 0.25) is 0 Å². The third-order valence-electron chi connectivity index (χ3n) is 2.88. The molecule has 2 N–H and O–H groups in total. The van der Waals surface area contributed by atoms with Crippen LogP contribution < -0.4 is 5.32 Å². The number of nitrogens with zero attached hydrogens (tertiary/aromatic N) is 2. The quantitative estimate of drug-likeness (QED) is 0.768. The topological polar surface area (TPSA) is 53.6 Å².